The van der Waals surface area contributed by atoms with Crippen LogP contribution in [0.1, 0.15) is 161 Å². The smallest absolute Gasteiger partial charge is 0.340 e. The number of phenols is 2. The molecule has 486 valence electrons. The summed E-state index contributed by atoms with van der Waals surface area (Å²) < 4.78 is 23.6. The third-order valence-corrected chi connectivity index (χ3v) is 15.7. The Labute approximate surface area is 520 Å². The Kier molecular flexibility index (Phi) is 31.3. The number of benzene rings is 3. The first kappa shape index (κ1) is 71.7. The minimum absolute atomic E-state index is 0.0334. The summed E-state index contributed by atoms with van der Waals surface area (Å²) in [5, 5.41) is 37.7. The quantitative estimate of drug-likeness (QED) is 0.0220. The minimum Gasteiger partial charge on any atom is -0.508 e. The number of primary amides is 1. The van der Waals surface area contributed by atoms with Crippen LogP contribution in [0.4, 0.5) is 0 Å². The van der Waals surface area contributed by atoms with E-state index in [9.17, 15) is 43.8 Å². The third kappa shape index (κ3) is 21.9. The van der Waals surface area contributed by atoms with Gasteiger partial charge in [-0.25, -0.2) is 4.79 Å². The average molecular weight is 1250 g/mol. The van der Waals surface area contributed by atoms with E-state index in [1.807, 2.05) is 0 Å². The van der Waals surface area contributed by atoms with Crippen molar-refractivity contribution in [1.82, 2.24) is 31.9 Å². The maximum atomic E-state index is 14.4. The van der Waals surface area contributed by atoms with Gasteiger partial charge < -0.3 is 95.5 Å². The van der Waals surface area contributed by atoms with Crippen molar-refractivity contribution in [2.75, 3.05) is 65.7 Å². The molecular formula is C62H94N12O13S. The zero-order valence-electron chi connectivity index (χ0n) is 50.6. The second-order valence-corrected chi connectivity index (χ2v) is 22.6. The summed E-state index contributed by atoms with van der Waals surface area (Å²) in [6, 6.07) is 8.88. The van der Waals surface area contributed by atoms with Crippen molar-refractivity contribution in [2.24, 2.45) is 34.4 Å². The zero-order valence-corrected chi connectivity index (χ0v) is 51.4. The molecule has 1 spiro atoms. The first-order chi connectivity index (χ1) is 42.5. The molecule has 0 radical (unpaired) electrons. The SMILES string of the molecule is NCCCCC[C@H](NC(=O)[C@H](CCCCCN)NC(=O)[C@H](CCCCCN)NC(=O)[C@H](CCCCCN)NC(=O)[C@H](CCCCCN)NC(=O)COCCOCCNC(=S)c1ccc2c(c1)C(=O)OC21c2ccc(O)cc2Oc2cc(O)ccc21)C(N)=O. The number of phenolic OH excluding ortho intramolecular Hbond substituents is 2. The molecule has 20 N–H and O–H groups in total. The largest absolute Gasteiger partial charge is 0.508 e. The fraction of sp³-hybridized carbons (Fsp3) is 0.581. The van der Waals surface area contributed by atoms with E-state index in [1.165, 1.54) is 24.3 Å². The molecule has 2 heterocycles. The first-order valence-electron chi connectivity index (χ1n) is 31.0. The number of unbranched alkanes of at least 4 members (excludes halogenated alkanes) is 10. The number of carbonyl (C=O) groups is 7. The minimum atomic E-state index is -1.41. The number of hydrogen-bond donors (Lipinski definition) is 14. The van der Waals surface area contributed by atoms with Gasteiger partial charge in [0.15, 0.2) is 5.60 Å². The molecule has 88 heavy (non-hydrogen) atoms. The van der Waals surface area contributed by atoms with Crippen LogP contribution in [0.25, 0.3) is 0 Å². The molecule has 5 rings (SSSR count). The number of thiocarbonyl (C=S) groups is 1. The van der Waals surface area contributed by atoms with E-state index < -0.39 is 83.8 Å². The number of rotatable bonds is 44. The number of carbonyl (C=O) groups excluding carboxylic acids is 7. The summed E-state index contributed by atoms with van der Waals surface area (Å²) >= 11 is 5.68. The number of nitrogens with one attached hydrogen (secondary N) is 6. The highest BCUT2D eigenvalue weighted by Gasteiger charge is 2.54. The van der Waals surface area contributed by atoms with Gasteiger partial charge in [-0.2, -0.15) is 0 Å². The van der Waals surface area contributed by atoms with Crippen molar-refractivity contribution in [1.29, 1.82) is 0 Å². The van der Waals surface area contributed by atoms with Crippen molar-refractivity contribution in [2.45, 2.75) is 164 Å². The summed E-state index contributed by atoms with van der Waals surface area (Å²) in [6.07, 6.45) is 10.8. The molecule has 0 bridgehead atoms. The van der Waals surface area contributed by atoms with E-state index in [0.717, 1.165) is 12.8 Å². The fourth-order valence-corrected chi connectivity index (χ4v) is 10.8. The lowest BCUT2D eigenvalue weighted by atomic mass is 9.77. The van der Waals surface area contributed by atoms with Gasteiger partial charge in [0.25, 0.3) is 0 Å². The third-order valence-electron chi connectivity index (χ3n) is 15.4. The van der Waals surface area contributed by atoms with Crippen LogP contribution in [0, 0.1) is 0 Å². The molecule has 0 fully saturated rings. The molecule has 0 aromatic heterocycles. The molecule has 6 amide bonds. The second kappa shape index (κ2) is 38.4. The summed E-state index contributed by atoms with van der Waals surface area (Å²) in [7, 11) is 0. The fourth-order valence-electron chi connectivity index (χ4n) is 10.6. The normalized spacial score (nSPS) is 14.4. The molecule has 5 atom stereocenters. The summed E-state index contributed by atoms with van der Waals surface area (Å²) in [4.78, 5) is 96.5. The van der Waals surface area contributed by atoms with Gasteiger partial charge in [-0.05, 0) is 127 Å². The molecule has 0 saturated carbocycles. The van der Waals surface area contributed by atoms with E-state index in [2.05, 4.69) is 31.9 Å². The van der Waals surface area contributed by atoms with E-state index in [4.69, 9.17) is 65.6 Å². The Bertz CT molecular complexity index is 2720. The van der Waals surface area contributed by atoms with Gasteiger partial charge in [0.2, 0.25) is 35.4 Å². The molecular weight excluding hydrogens is 1150 g/mol. The number of nitrogens with two attached hydrogens (primary N) is 6. The highest BCUT2D eigenvalue weighted by molar-refractivity contribution is 7.80. The lowest BCUT2D eigenvalue weighted by molar-refractivity contribution is -0.135. The number of hydrogen-bond acceptors (Lipinski definition) is 19. The monoisotopic (exact) mass is 1250 g/mol. The van der Waals surface area contributed by atoms with Crippen molar-refractivity contribution in [3.63, 3.8) is 0 Å². The molecule has 0 unspecified atom stereocenters. The van der Waals surface area contributed by atoms with Gasteiger partial charge >= 0.3 is 5.97 Å². The topological polar surface area (TPSA) is 425 Å². The average Bonchev–Trinajstić information content (AvgIpc) is 1.54. The van der Waals surface area contributed by atoms with Crippen molar-refractivity contribution in [3.05, 3.63) is 82.4 Å². The maximum Gasteiger partial charge on any atom is 0.340 e. The van der Waals surface area contributed by atoms with Crippen LogP contribution in [-0.2, 0) is 48.6 Å². The lowest BCUT2D eigenvalue weighted by Gasteiger charge is -2.36. The van der Waals surface area contributed by atoms with Crippen molar-refractivity contribution in [3.8, 4) is 23.0 Å². The molecule has 25 nitrogen and oxygen atoms in total. The van der Waals surface area contributed by atoms with Gasteiger partial charge in [0.05, 0.1) is 25.4 Å². The van der Waals surface area contributed by atoms with Gasteiger partial charge in [-0.3, -0.25) is 28.8 Å². The van der Waals surface area contributed by atoms with Gasteiger partial charge in [0, 0.05) is 40.9 Å². The molecule has 3 aromatic rings. The summed E-state index contributed by atoms with van der Waals surface area (Å²) in [5.74, 6) is -3.91. The van der Waals surface area contributed by atoms with E-state index in [1.54, 1.807) is 30.3 Å². The molecule has 3 aromatic carbocycles. The highest BCUT2D eigenvalue weighted by Crippen LogP contribution is 2.57. The van der Waals surface area contributed by atoms with Crippen molar-refractivity contribution < 1.29 is 62.7 Å². The molecule has 0 aliphatic carbocycles. The number of aromatic hydroxyl groups is 2. The van der Waals surface area contributed by atoms with E-state index in [-0.39, 0.29) is 80.6 Å². The molecule has 26 heteroatoms. The zero-order chi connectivity index (χ0) is 63.8. The van der Waals surface area contributed by atoms with Gasteiger partial charge in [0.1, 0.15) is 64.8 Å². The molecule has 0 saturated heterocycles. The van der Waals surface area contributed by atoms with Crippen LogP contribution in [0.5, 0.6) is 23.0 Å². The molecule has 2 aliphatic heterocycles. The number of esters is 1. The van der Waals surface area contributed by atoms with Gasteiger partial charge in [-0.1, -0.05) is 88.6 Å². The Morgan fingerprint density at radius 3 is 1.33 bits per heavy atom. The van der Waals surface area contributed by atoms with E-state index in [0.29, 0.717) is 150 Å². The standard InChI is InChI=1S/C62H94N12O13S/c63-27-11-1-6-16-47(55(68)78)71-57(80)49(18-8-3-13-29-65)73-59(82)51(20-10-5-15-31-67)74-58(81)50(19-9-4-14-30-66)72-56(79)48(17-7-2-12-28-64)70-54(77)39-85-35-34-84-33-32-69-60(88)40-21-24-44-43(36-40)61(83)87-62(44)45-25-22-41(75)37-52(45)86-53-38-42(76)23-26-46(53)62/h21-26,36-38,47-51,75-76H,1-20,27-35,39,63-67H2,(H2,68,78)(H,69,88)(H,70,77)(H,71,80)(H,72,79)(H,73,82)(H,74,81)/t47-,48-,49-,50-,51-/m0/s1. The number of amides is 6. The van der Waals surface area contributed by atoms with Crippen LogP contribution in [0.15, 0.2) is 54.6 Å². The summed E-state index contributed by atoms with van der Waals surface area (Å²) in [6.45, 7) is 2.47. The Balaban J connectivity index is 1.16. The van der Waals surface area contributed by atoms with Crippen molar-refractivity contribution >= 4 is 58.6 Å². The lowest BCUT2D eigenvalue weighted by Crippen LogP contribution is -2.59. The summed E-state index contributed by atoms with van der Waals surface area (Å²) in [5.41, 5.74) is 35.3. The Morgan fingerprint density at radius 2 is 0.898 bits per heavy atom. The highest BCUT2D eigenvalue weighted by atomic mass is 32.1. The number of fused-ring (bicyclic) bond motifs is 6. The van der Waals surface area contributed by atoms with E-state index >= 15 is 0 Å². The van der Waals surface area contributed by atoms with Crippen LogP contribution in [0.3, 0.4) is 0 Å². The maximum absolute atomic E-state index is 14.4. The van der Waals surface area contributed by atoms with Crippen LogP contribution >= 0.6 is 12.2 Å². The van der Waals surface area contributed by atoms with Crippen LogP contribution in [-0.4, -0.2) is 153 Å². The Morgan fingerprint density at radius 1 is 0.500 bits per heavy atom. The Hall–Kier alpha value is -7.04. The van der Waals surface area contributed by atoms with Crippen LogP contribution in [0.2, 0.25) is 0 Å². The second-order valence-electron chi connectivity index (χ2n) is 22.2. The van der Waals surface area contributed by atoms with Crippen LogP contribution < -0.4 is 71.0 Å². The molecule has 2 aliphatic rings. The predicted octanol–water partition coefficient (Wildman–Crippen LogP) is 2.47. The first-order valence-corrected chi connectivity index (χ1v) is 31.4. The predicted molar refractivity (Wildman–Crippen MR) is 336 cm³/mol. The van der Waals surface area contributed by atoms with Gasteiger partial charge in [-0.15, -0.1) is 0 Å². The number of ether oxygens (including phenoxy) is 4.